The Balaban J connectivity index is 2.73. The van der Waals surface area contributed by atoms with E-state index in [1.54, 1.807) is 12.2 Å². The average molecular weight is 308 g/mol. The number of nitrogens with zero attached hydrogens (tertiary/aromatic N) is 1. The van der Waals surface area contributed by atoms with E-state index in [9.17, 15) is 13.2 Å². The van der Waals surface area contributed by atoms with Crippen molar-refractivity contribution >= 4 is 16.0 Å². The lowest BCUT2D eigenvalue weighted by Crippen LogP contribution is -2.24. The number of ether oxygens (including phenoxy) is 1. The van der Waals surface area contributed by atoms with Crippen molar-refractivity contribution in [3.63, 3.8) is 0 Å². The molecular weight excluding hydrogens is 292 g/mol. The van der Waals surface area contributed by atoms with Gasteiger partial charge in [0.2, 0.25) is 10.0 Å². The number of benzene rings is 1. The molecule has 0 saturated heterocycles. The summed E-state index contributed by atoms with van der Waals surface area (Å²) >= 11 is 0. The van der Waals surface area contributed by atoms with Crippen molar-refractivity contribution in [2.45, 2.75) is 18.2 Å². The van der Waals surface area contributed by atoms with Crippen molar-refractivity contribution < 1.29 is 17.9 Å². The monoisotopic (exact) mass is 308 g/mol. The first kappa shape index (κ1) is 16.9. The van der Waals surface area contributed by atoms with Crippen molar-refractivity contribution in [3.05, 3.63) is 42.0 Å². The summed E-state index contributed by atoms with van der Waals surface area (Å²) in [6.07, 6.45) is 3.54. The van der Waals surface area contributed by atoms with Crippen LogP contribution in [0.2, 0.25) is 0 Å². The molecule has 1 N–H and O–H groups in total. The van der Waals surface area contributed by atoms with Gasteiger partial charge >= 0.3 is 5.97 Å². The van der Waals surface area contributed by atoms with Crippen LogP contribution in [0.15, 0.2) is 41.3 Å². The van der Waals surface area contributed by atoms with Gasteiger partial charge in [-0.1, -0.05) is 12.2 Å². The number of esters is 1. The summed E-state index contributed by atoms with van der Waals surface area (Å²) in [6.45, 7) is 2.03. The van der Waals surface area contributed by atoms with Gasteiger partial charge in [0.1, 0.15) is 6.61 Å². The topological polar surface area (TPSA) is 96.3 Å². The van der Waals surface area contributed by atoms with Gasteiger partial charge in [0.05, 0.1) is 16.5 Å². The second-order valence-corrected chi connectivity index (χ2v) is 5.76. The van der Waals surface area contributed by atoms with Gasteiger partial charge in [-0.3, -0.25) is 0 Å². The third kappa shape index (κ3) is 5.38. The number of sulfonamides is 1. The van der Waals surface area contributed by atoms with E-state index in [1.165, 1.54) is 24.3 Å². The summed E-state index contributed by atoms with van der Waals surface area (Å²) in [5, 5.41) is 8.38. The highest BCUT2D eigenvalue weighted by Gasteiger charge is 2.14. The van der Waals surface area contributed by atoms with Crippen molar-refractivity contribution in [1.82, 2.24) is 4.72 Å². The quantitative estimate of drug-likeness (QED) is 0.469. The fourth-order valence-electron chi connectivity index (χ4n) is 1.40. The first-order valence-electron chi connectivity index (χ1n) is 6.26. The lowest BCUT2D eigenvalue weighted by Gasteiger charge is -2.06. The highest BCUT2D eigenvalue weighted by atomic mass is 32.2. The zero-order valence-electron chi connectivity index (χ0n) is 11.6. The predicted octanol–water partition coefficient (Wildman–Crippen LogP) is 1.61. The van der Waals surface area contributed by atoms with Gasteiger partial charge < -0.3 is 4.74 Å². The number of nitriles is 1. The molecule has 21 heavy (non-hydrogen) atoms. The molecule has 0 aliphatic heterocycles. The van der Waals surface area contributed by atoms with E-state index in [1.807, 2.05) is 13.0 Å². The standard InChI is InChI=1S/C14H16N2O4S/c1-2-3-11-20-14(17)12-5-7-13(8-6-12)21(18,19)16-10-4-9-15/h2-3,5-8,16H,4,10-11H2,1H3/b3-2+. The number of hydrogen-bond acceptors (Lipinski definition) is 5. The van der Waals surface area contributed by atoms with Gasteiger partial charge in [-0.25, -0.2) is 17.9 Å². The lowest BCUT2D eigenvalue weighted by atomic mass is 10.2. The van der Waals surface area contributed by atoms with Crippen molar-refractivity contribution in [2.75, 3.05) is 13.2 Å². The fraction of sp³-hybridized carbons (Fsp3) is 0.286. The highest BCUT2D eigenvalue weighted by Crippen LogP contribution is 2.11. The van der Waals surface area contributed by atoms with Crippen LogP contribution in [-0.2, 0) is 14.8 Å². The molecule has 0 amide bonds. The zero-order chi connectivity index (χ0) is 15.7. The molecule has 6 nitrogen and oxygen atoms in total. The molecular formula is C14H16N2O4S. The van der Waals surface area contributed by atoms with Crippen LogP contribution in [0.1, 0.15) is 23.7 Å². The summed E-state index contributed by atoms with van der Waals surface area (Å²) < 4.78 is 30.9. The van der Waals surface area contributed by atoms with Crippen molar-refractivity contribution in [2.24, 2.45) is 0 Å². The SMILES string of the molecule is C/C=C/COC(=O)c1ccc(S(=O)(=O)NCCC#N)cc1. The normalized spacial score (nSPS) is 11.2. The van der Waals surface area contributed by atoms with Gasteiger partial charge in [0, 0.05) is 13.0 Å². The lowest BCUT2D eigenvalue weighted by molar-refractivity contribution is 0.0549. The molecule has 0 fully saturated rings. The maximum Gasteiger partial charge on any atom is 0.338 e. The molecule has 7 heteroatoms. The van der Waals surface area contributed by atoms with Crippen LogP contribution in [0, 0.1) is 11.3 Å². The van der Waals surface area contributed by atoms with Crippen LogP contribution in [0.5, 0.6) is 0 Å². The van der Waals surface area contributed by atoms with Gasteiger partial charge in [-0.05, 0) is 31.2 Å². The Hall–Kier alpha value is -2.17. The maximum absolute atomic E-state index is 11.9. The Bertz CT molecular complexity index is 643. The second-order valence-electron chi connectivity index (χ2n) is 4.00. The number of hydrogen-bond donors (Lipinski definition) is 1. The molecule has 0 aliphatic carbocycles. The molecule has 0 aliphatic rings. The maximum atomic E-state index is 11.9. The van der Waals surface area contributed by atoms with Crippen LogP contribution in [0.4, 0.5) is 0 Å². The summed E-state index contributed by atoms with van der Waals surface area (Å²) in [5.74, 6) is -0.519. The molecule has 1 aromatic carbocycles. The Labute approximate surface area is 124 Å². The number of nitrogens with one attached hydrogen (secondary N) is 1. The van der Waals surface area contributed by atoms with Crippen LogP contribution in [0.25, 0.3) is 0 Å². The van der Waals surface area contributed by atoms with Gasteiger partial charge in [0.15, 0.2) is 0 Å². The van der Waals surface area contributed by atoms with E-state index in [-0.39, 0.29) is 30.0 Å². The first-order chi connectivity index (χ1) is 10.0. The highest BCUT2D eigenvalue weighted by molar-refractivity contribution is 7.89. The van der Waals surface area contributed by atoms with Crippen LogP contribution < -0.4 is 4.72 Å². The summed E-state index contributed by atoms with van der Waals surface area (Å²) in [6, 6.07) is 7.26. The molecule has 0 spiro atoms. The molecule has 0 unspecified atom stereocenters. The van der Waals surface area contributed by atoms with Gasteiger partial charge in [-0.2, -0.15) is 5.26 Å². The van der Waals surface area contributed by atoms with E-state index >= 15 is 0 Å². The van der Waals surface area contributed by atoms with E-state index in [2.05, 4.69) is 4.72 Å². The number of carbonyl (C=O) groups excluding carboxylic acids is 1. The molecule has 1 aromatic rings. The van der Waals surface area contributed by atoms with Gasteiger partial charge in [0.25, 0.3) is 0 Å². The molecule has 112 valence electrons. The fourth-order valence-corrected chi connectivity index (χ4v) is 2.43. The third-order valence-corrected chi connectivity index (χ3v) is 3.95. The first-order valence-corrected chi connectivity index (χ1v) is 7.74. The van der Waals surface area contributed by atoms with Crippen molar-refractivity contribution in [3.8, 4) is 6.07 Å². The van der Waals surface area contributed by atoms with Gasteiger partial charge in [-0.15, -0.1) is 0 Å². The summed E-state index contributed by atoms with van der Waals surface area (Å²) in [4.78, 5) is 11.7. The minimum Gasteiger partial charge on any atom is -0.458 e. The van der Waals surface area contributed by atoms with Crippen LogP contribution in [-0.4, -0.2) is 27.5 Å². The average Bonchev–Trinajstić information content (AvgIpc) is 2.47. The smallest absolute Gasteiger partial charge is 0.338 e. The second kappa shape index (κ2) is 8.19. The zero-order valence-corrected chi connectivity index (χ0v) is 12.4. The molecule has 0 aromatic heterocycles. The molecule has 0 heterocycles. The molecule has 0 saturated carbocycles. The summed E-state index contributed by atoms with van der Waals surface area (Å²) in [7, 11) is -3.66. The Kier molecular flexibility index (Phi) is 6.59. The van der Waals surface area contributed by atoms with Crippen LogP contribution >= 0.6 is 0 Å². The Morgan fingerprint density at radius 1 is 1.38 bits per heavy atom. The van der Waals surface area contributed by atoms with E-state index in [4.69, 9.17) is 10.00 Å². The number of carbonyl (C=O) groups is 1. The van der Waals surface area contributed by atoms with Crippen LogP contribution in [0.3, 0.4) is 0 Å². The molecule has 0 bridgehead atoms. The number of rotatable bonds is 7. The van der Waals surface area contributed by atoms with Crippen molar-refractivity contribution in [1.29, 1.82) is 5.26 Å². The molecule has 0 atom stereocenters. The summed E-state index contributed by atoms with van der Waals surface area (Å²) in [5.41, 5.74) is 0.274. The predicted molar refractivity (Wildman–Crippen MR) is 77.0 cm³/mol. The van der Waals surface area contributed by atoms with E-state index in [0.29, 0.717) is 0 Å². The Morgan fingerprint density at radius 3 is 2.62 bits per heavy atom. The molecule has 1 rings (SSSR count). The van der Waals surface area contributed by atoms with E-state index in [0.717, 1.165) is 0 Å². The number of allylic oxidation sites excluding steroid dienone is 1. The minimum absolute atomic E-state index is 0.0328. The largest absolute Gasteiger partial charge is 0.458 e. The minimum atomic E-state index is -3.66. The van der Waals surface area contributed by atoms with E-state index < -0.39 is 16.0 Å². The third-order valence-electron chi connectivity index (χ3n) is 2.48. The molecule has 0 radical (unpaired) electrons. The Morgan fingerprint density at radius 2 is 2.05 bits per heavy atom.